The SMILES string of the molecule is c1ccc(N(c2ccc(-c3cccc4ccccc34)cc2)c2cccc3oc4ccccc4c23)c(-c2cccc3sc4ccccc4c23)c1. The lowest BCUT2D eigenvalue weighted by Crippen LogP contribution is -2.11. The normalized spacial score (nSPS) is 11.7. The molecule has 0 bridgehead atoms. The number of rotatable bonds is 5. The van der Waals surface area contributed by atoms with Gasteiger partial charge in [0.25, 0.3) is 0 Å². The third-order valence-electron chi connectivity index (χ3n) is 9.69. The van der Waals surface area contributed by atoms with Gasteiger partial charge in [-0.05, 0) is 76.0 Å². The maximum atomic E-state index is 6.42. The topological polar surface area (TPSA) is 16.4 Å². The minimum Gasteiger partial charge on any atom is -0.456 e. The third-order valence-corrected chi connectivity index (χ3v) is 10.8. The van der Waals surface area contributed by atoms with Gasteiger partial charge in [-0.25, -0.2) is 0 Å². The van der Waals surface area contributed by atoms with Gasteiger partial charge in [0.1, 0.15) is 11.2 Å². The second-order valence-corrected chi connectivity index (χ2v) is 13.5. The molecule has 0 unspecified atom stereocenters. The lowest BCUT2D eigenvalue weighted by atomic mass is 9.96. The molecule has 230 valence electrons. The van der Waals surface area contributed by atoms with Crippen LogP contribution in [0.25, 0.3) is 75.1 Å². The molecule has 3 heteroatoms. The van der Waals surface area contributed by atoms with E-state index in [0.717, 1.165) is 39.0 Å². The van der Waals surface area contributed by atoms with Crippen LogP contribution in [0.3, 0.4) is 0 Å². The highest BCUT2D eigenvalue weighted by Crippen LogP contribution is 2.48. The number of fused-ring (bicyclic) bond motifs is 7. The standard InChI is InChI=1S/C46H29NOS/c1-2-14-33-30(12-1)13-9-18-34(33)31-26-28-32(29-27-31)47(40-21-11-23-42-46(40)37-16-4-7-22-41(37)48-42)39-20-6-3-15-35(39)36-19-10-25-44-45(36)38-17-5-8-24-43(38)49-44/h1-29H. The van der Waals surface area contributed by atoms with E-state index in [-0.39, 0.29) is 0 Å². The fourth-order valence-electron chi connectivity index (χ4n) is 7.51. The van der Waals surface area contributed by atoms with Gasteiger partial charge in [-0.3, -0.25) is 0 Å². The fourth-order valence-corrected chi connectivity index (χ4v) is 8.65. The van der Waals surface area contributed by atoms with E-state index in [1.807, 2.05) is 17.4 Å². The number of nitrogens with zero attached hydrogens (tertiary/aromatic N) is 1. The molecule has 0 saturated carbocycles. The van der Waals surface area contributed by atoms with E-state index in [1.165, 1.54) is 53.2 Å². The molecular weight excluding hydrogens is 615 g/mol. The van der Waals surface area contributed by atoms with Crippen molar-refractivity contribution in [1.82, 2.24) is 0 Å². The van der Waals surface area contributed by atoms with Gasteiger partial charge in [0.05, 0.1) is 16.8 Å². The van der Waals surface area contributed by atoms with E-state index >= 15 is 0 Å². The Bertz CT molecular complexity index is 2840. The van der Waals surface area contributed by atoms with E-state index in [1.54, 1.807) is 0 Å². The van der Waals surface area contributed by atoms with Crippen molar-refractivity contribution in [3.05, 3.63) is 176 Å². The Hall–Kier alpha value is -6.16. The first kappa shape index (κ1) is 27.9. The molecule has 8 aromatic carbocycles. The van der Waals surface area contributed by atoms with Crippen molar-refractivity contribution >= 4 is 81.3 Å². The Morgan fingerprint density at radius 1 is 0.388 bits per heavy atom. The summed E-state index contributed by atoms with van der Waals surface area (Å²) in [6.07, 6.45) is 0. The molecule has 10 aromatic rings. The van der Waals surface area contributed by atoms with Gasteiger partial charge in [0.15, 0.2) is 0 Å². The molecule has 0 atom stereocenters. The van der Waals surface area contributed by atoms with Crippen LogP contribution in [0.1, 0.15) is 0 Å². The number of hydrogen-bond acceptors (Lipinski definition) is 3. The first-order valence-electron chi connectivity index (χ1n) is 16.6. The molecule has 0 amide bonds. The van der Waals surface area contributed by atoms with Crippen molar-refractivity contribution in [3.63, 3.8) is 0 Å². The van der Waals surface area contributed by atoms with Gasteiger partial charge in [-0.2, -0.15) is 0 Å². The average molecular weight is 644 g/mol. The van der Waals surface area contributed by atoms with Crippen molar-refractivity contribution in [2.45, 2.75) is 0 Å². The molecule has 0 aliphatic carbocycles. The fraction of sp³-hybridized carbons (Fsp3) is 0. The number of thiophene rings is 1. The molecule has 2 aromatic heterocycles. The van der Waals surface area contributed by atoms with Gasteiger partial charge in [-0.1, -0.05) is 127 Å². The van der Waals surface area contributed by atoms with E-state index in [9.17, 15) is 0 Å². The summed E-state index contributed by atoms with van der Waals surface area (Å²) in [5.41, 5.74) is 9.86. The molecule has 10 rings (SSSR count). The second-order valence-electron chi connectivity index (χ2n) is 12.5. The zero-order chi connectivity index (χ0) is 32.3. The van der Waals surface area contributed by atoms with Crippen LogP contribution in [0, 0.1) is 0 Å². The molecule has 2 nitrogen and oxygen atoms in total. The molecule has 49 heavy (non-hydrogen) atoms. The average Bonchev–Trinajstić information content (AvgIpc) is 3.74. The van der Waals surface area contributed by atoms with Crippen molar-refractivity contribution in [3.8, 4) is 22.3 Å². The number of benzene rings is 8. The predicted octanol–water partition coefficient (Wildman–Crippen LogP) is 13.9. The third kappa shape index (κ3) is 4.47. The van der Waals surface area contributed by atoms with Gasteiger partial charge in [0, 0.05) is 36.8 Å². The van der Waals surface area contributed by atoms with Gasteiger partial charge in [0.2, 0.25) is 0 Å². The Morgan fingerprint density at radius 3 is 1.92 bits per heavy atom. The summed E-state index contributed by atoms with van der Waals surface area (Å²) < 4.78 is 9.02. The van der Waals surface area contributed by atoms with Crippen molar-refractivity contribution in [2.75, 3.05) is 4.90 Å². The zero-order valence-corrected chi connectivity index (χ0v) is 27.3. The van der Waals surface area contributed by atoms with Crippen LogP contribution in [0.2, 0.25) is 0 Å². The zero-order valence-electron chi connectivity index (χ0n) is 26.5. The smallest absolute Gasteiger partial charge is 0.137 e. The summed E-state index contributed by atoms with van der Waals surface area (Å²) in [5, 5.41) is 7.30. The maximum Gasteiger partial charge on any atom is 0.137 e. The highest BCUT2D eigenvalue weighted by molar-refractivity contribution is 7.25. The maximum absolute atomic E-state index is 6.42. The van der Waals surface area contributed by atoms with E-state index in [4.69, 9.17) is 4.42 Å². The molecule has 0 aliphatic rings. The minimum atomic E-state index is 0.875. The summed E-state index contributed by atoms with van der Waals surface area (Å²) in [6.45, 7) is 0. The highest BCUT2D eigenvalue weighted by Gasteiger charge is 2.23. The largest absolute Gasteiger partial charge is 0.456 e. The minimum absolute atomic E-state index is 0.875. The summed E-state index contributed by atoms with van der Waals surface area (Å²) in [4.78, 5) is 2.42. The number of para-hydroxylation sites is 2. The van der Waals surface area contributed by atoms with E-state index in [0.29, 0.717) is 0 Å². The van der Waals surface area contributed by atoms with E-state index < -0.39 is 0 Å². The van der Waals surface area contributed by atoms with Crippen LogP contribution >= 0.6 is 11.3 Å². The van der Waals surface area contributed by atoms with Crippen LogP contribution in [0.5, 0.6) is 0 Å². The van der Waals surface area contributed by atoms with Crippen LogP contribution < -0.4 is 4.90 Å². The van der Waals surface area contributed by atoms with Crippen molar-refractivity contribution < 1.29 is 4.42 Å². The monoisotopic (exact) mass is 643 g/mol. The summed E-state index contributed by atoms with van der Waals surface area (Å²) in [5.74, 6) is 0. The van der Waals surface area contributed by atoms with Gasteiger partial charge < -0.3 is 9.32 Å². The molecule has 0 fully saturated rings. The molecule has 2 heterocycles. The van der Waals surface area contributed by atoms with Gasteiger partial charge >= 0.3 is 0 Å². The van der Waals surface area contributed by atoms with Crippen LogP contribution in [0.4, 0.5) is 17.1 Å². The first-order valence-corrected chi connectivity index (χ1v) is 17.4. The lowest BCUT2D eigenvalue weighted by molar-refractivity contribution is 0.669. The van der Waals surface area contributed by atoms with Crippen LogP contribution in [0.15, 0.2) is 180 Å². The molecule has 0 radical (unpaired) electrons. The number of anilines is 3. The van der Waals surface area contributed by atoms with Crippen LogP contribution in [-0.2, 0) is 0 Å². The molecule has 0 spiro atoms. The predicted molar refractivity (Wildman–Crippen MR) is 210 cm³/mol. The van der Waals surface area contributed by atoms with Gasteiger partial charge in [-0.15, -0.1) is 11.3 Å². The van der Waals surface area contributed by atoms with Crippen LogP contribution in [-0.4, -0.2) is 0 Å². The Kier molecular flexibility index (Phi) is 6.39. The second kappa shape index (κ2) is 11.2. The van der Waals surface area contributed by atoms with Crippen molar-refractivity contribution in [2.24, 2.45) is 0 Å². The summed E-state index contributed by atoms with van der Waals surface area (Å²) >= 11 is 1.86. The Labute approximate surface area is 287 Å². The number of furan rings is 1. The lowest BCUT2D eigenvalue weighted by Gasteiger charge is -2.29. The number of hydrogen-bond donors (Lipinski definition) is 0. The highest BCUT2D eigenvalue weighted by atomic mass is 32.1. The Balaban J connectivity index is 1.23. The van der Waals surface area contributed by atoms with Crippen molar-refractivity contribution in [1.29, 1.82) is 0 Å². The molecule has 0 N–H and O–H groups in total. The molecule has 0 aliphatic heterocycles. The molecule has 0 saturated heterocycles. The summed E-state index contributed by atoms with van der Waals surface area (Å²) in [7, 11) is 0. The summed E-state index contributed by atoms with van der Waals surface area (Å²) in [6, 6.07) is 63.2. The van der Waals surface area contributed by atoms with E-state index in [2.05, 4.69) is 175 Å². The molecular formula is C46H29NOS. The Morgan fingerprint density at radius 2 is 1.00 bits per heavy atom. The quantitative estimate of drug-likeness (QED) is 0.186. The first-order chi connectivity index (χ1) is 24.3.